The molecule has 1 aliphatic heterocycles. The molecule has 0 spiro atoms. The SMILES string of the molecule is CN(C)C(CNC(=O)c1ccc2c(c1)NC(=O)CCS2)c1cccs1. The molecular formula is C18H21N3O2S2. The Morgan fingerprint density at radius 2 is 2.20 bits per heavy atom. The lowest BCUT2D eigenvalue weighted by Crippen LogP contribution is -2.34. The molecule has 2 heterocycles. The summed E-state index contributed by atoms with van der Waals surface area (Å²) in [5, 5.41) is 7.93. The van der Waals surface area contributed by atoms with Gasteiger partial charge in [-0.15, -0.1) is 23.1 Å². The Morgan fingerprint density at radius 3 is 2.92 bits per heavy atom. The highest BCUT2D eigenvalue weighted by atomic mass is 32.2. The van der Waals surface area contributed by atoms with Crippen molar-refractivity contribution in [3.63, 3.8) is 0 Å². The predicted octanol–water partition coefficient (Wildman–Crippen LogP) is 3.22. The molecule has 0 saturated heterocycles. The van der Waals surface area contributed by atoms with Crippen molar-refractivity contribution in [3.8, 4) is 0 Å². The lowest BCUT2D eigenvalue weighted by Gasteiger charge is -2.23. The van der Waals surface area contributed by atoms with Gasteiger partial charge >= 0.3 is 0 Å². The van der Waals surface area contributed by atoms with Crippen LogP contribution in [0.15, 0.2) is 40.6 Å². The summed E-state index contributed by atoms with van der Waals surface area (Å²) in [4.78, 5) is 28.6. The minimum atomic E-state index is -0.130. The number of likely N-dealkylation sites (N-methyl/N-ethyl adjacent to an activating group) is 1. The fourth-order valence-corrected chi connectivity index (χ4v) is 4.53. The molecule has 1 aromatic heterocycles. The number of amides is 2. The molecule has 0 radical (unpaired) electrons. The van der Waals surface area contributed by atoms with Gasteiger partial charge in [-0.05, 0) is 43.7 Å². The molecule has 1 atom stereocenters. The molecule has 0 fully saturated rings. The van der Waals surface area contributed by atoms with Crippen molar-refractivity contribution in [3.05, 3.63) is 46.2 Å². The first kappa shape index (κ1) is 18.0. The highest BCUT2D eigenvalue weighted by Gasteiger charge is 2.18. The van der Waals surface area contributed by atoms with Crippen molar-refractivity contribution in [2.24, 2.45) is 0 Å². The molecule has 0 aliphatic carbocycles. The van der Waals surface area contributed by atoms with Crippen LogP contribution in [0.5, 0.6) is 0 Å². The second kappa shape index (κ2) is 8.03. The van der Waals surface area contributed by atoms with Crippen molar-refractivity contribution < 1.29 is 9.59 Å². The molecule has 0 bridgehead atoms. The van der Waals surface area contributed by atoms with Gasteiger partial charge in [-0.3, -0.25) is 9.59 Å². The van der Waals surface area contributed by atoms with Gasteiger partial charge in [0, 0.05) is 34.1 Å². The van der Waals surface area contributed by atoms with Crippen LogP contribution in [-0.4, -0.2) is 43.1 Å². The first-order valence-corrected chi connectivity index (χ1v) is 9.96. The van der Waals surface area contributed by atoms with Crippen molar-refractivity contribution in [2.75, 3.05) is 31.7 Å². The summed E-state index contributed by atoms with van der Waals surface area (Å²) in [6.07, 6.45) is 0.492. The van der Waals surface area contributed by atoms with Gasteiger partial charge in [0.2, 0.25) is 5.91 Å². The third-order valence-corrected chi connectivity index (χ3v) is 6.10. The summed E-state index contributed by atoms with van der Waals surface area (Å²) in [5.41, 5.74) is 1.29. The zero-order valence-corrected chi connectivity index (χ0v) is 15.9. The normalized spacial score (nSPS) is 15.2. The monoisotopic (exact) mass is 375 g/mol. The zero-order valence-electron chi connectivity index (χ0n) is 14.2. The Balaban J connectivity index is 1.70. The van der Waals surface area contributed by atoms with E-state index in [0.717, 1.165) is 16.3 Å². The van der Waals surface area contributed by atoms with E-state index in [2.05, 4.69) is 21.6 Å². The van der Waals surface area contributed by atoms with Crippen molar-refractivity contribution >= 4 is 40.6 Å². The largest absolute Gasteiger partial charge is 0.350 e. The topological polar surface area (TPSA) is 61.4 Å². The number of carbonyl (C=O) groups excluding carboxylic acids is 2. The number of anilines is 1. The third kappa shape index (κ3) is 4.42. The molecule has 7 heteroatoms. The molecule has 5 nitrogen and oxygen atoms in total. The lowest BCUT2D eigenvalue weighted by molar-refractivity contribution is -0.115. The lowest BCUT2D eigenvalue weighted by atomic mass is 10.1. The minimum absolute atomic E-state index is 0.00539. The second-order valence-electron chi connectivity index (χ2n) is 6.06. The maximum absolute atomic E-state index is 12.5. The number of thioether (sulfide) groups is 1. The van der Waals surface area contributed by atoms with Crippen LogP contribution in [0, 0.1) is 0 Å². The first-order chi connectivity index (χ1) is 12.0. The van der Waals surface area contributed by atoms with Crippen molar-refractivity contribution in [1.29, 1.82) is 0 Å². The molecule has 2 N–H and O–H groups in total. The average Bonchev–Trinajstić information content (AvgIpc) is 3.03. The first-order valence-electron chi connectivity index (χ1n) is 8.09. The molecule has 3 rings (SSSR count). The van der Waals surface area contributed by atoms with E-state index >= 15 is 0 Å². The Morgan fingerprint density at radius 1 is 1.36 bits per heavy atom. The summed E-state index contributed by atoms with van der Waals surface area (Å²) in [6.45, 7) is 0.532. The fourth-order valence-electron chi connectivity index (χ4n) is 2.67. The van der Waals surface area contributed by atoms with E-state index < -0.39 is 0 Å². The van der Waals surface area contributed by atoms with Gasteiger partial charge in [0.05, 0.1) is 11.7 Å². The number of hydrogen-bond donors (Lipinski definition) is 2. The molecule has 132 valence electrons. The molecule has 0 saturated carbocycles. The van der Waals surface area contributed by atoms with Gasteiger partial charge in [-0.1, -0.05) is 6.07 Å². The number of rotatable bonds is 5. The van der Waals surface area contributed by atoms with E-state index in [1.807, 2.05) is 37.7 Å². The van der Waals surface area contributed by atoms with Crippen LogP contribution in [-0.2, 0) is 4.79 Å². The van der Waals surface area contributed by atoms with Crippen molar-refractivity contribution in [2.45, 2.75) is 17.4 Å². The van der Waals surface area contributed by atoms with Gasteiger partial charge in [0.25, 0.3) is 5.91 Å². The summed E-state index contributed by atoms with van der Waals surface area (Å²) < 4.78 is 0. The van der Waals surface area contributed by atoms with Gasteiger partial charge < -0.3 is 15.5 Å². The maximum atomic E-state index is 12.5. The second-order valence-corrected chi connectivity index (χ2v) is 8.18. The van der Waals surface area contributed by atoms with E-state index in [0.29, 0.717) is 18.5 Å². The number of fused-ring (bicyclic) bond motifs is 1. The molecule has 2 aromatic rings. The van der Waals surface area contributed by atoms with Crippen LogP contribution in [0.1, 0.15) is 27.7 Å². The molecule has 1 aliphatic rings. The van der Waals surface area contributed by atoms with Gasteiger partial charge in [0.1, 0.15) is 0 Å². The highest BCUT2D eigenvalue weighted by Crippen LogP contribution is 2.31. The number of hydrogen-bond acceptors (Lipinski definition) is 5. The van der Waals surface area contributed by atoms with Crippen LogP contribution >= 0.6 is 23.1 Å². The van der Waals surface area contributed by atoms with E-state index in [-0.39, 0.29) is 17.9 Å². The summed E-state index contributed by atoms with van der Waals surface area (Å²) in [7, 11) is 4.01. The van der Waals surface area contributed by atoms with E-state index in [4.69, 9.17) is 0 Å². The van der Waals surface area contributed by atoms with Crippen LogP contribution in [0.25, 0.3) is 0 Å². The van der Waals surface area contributed by atoms with Crippen LogP contribution in [0.3, 0.4) is 0 Å². The molecule has 25 heavy (non-hydrogen) atoms. The average molecular weight is 376 g/mol. The quantitative estimate of drug-likeness (QED) is 0.842. The van der Waals surface area contributed by atoms with E-state index in [9.17, 15) is 9.59 Å². The summed E-state index contributed by atoms with van der Waals surface area (Å²) in [6, 6.07) is 9.72. The summed E-state index contributed by atoms with van der Waals surface area (Å²) >= 11 is 3.32. The van der Waals surface area contributed by atoms with Crippen LogP contribution in [0.2, 0.25) is 0 Å². The Bertz CT molecular complexity index is 760. The Kier molecular flexibility index (Phi) is 5.78. The number of benzene rings is 1. The number of nitrogens with one attached hydrogen (secondary N) is 2. The zero-order chi connectivity index (χ0) is 17.8. The smallest absolute Gasteiger partial charge is 0.251 e. The fraction of sp³-hybridized carbons (Fsp3) is 0.333. The Labute approximate surface area is 155 Å². The van der Waals surface area contributed by atoms with E-state index in [1.165, 1.54) is 4.88 Å². The Hall–Kier alpha value is -1.83. The van der Waals surface area contributed by atoms with Crippen molar-refractivity contribution in [1.82, 2.24) is 10.2 Å². The molecule has 1 aromatic carbocycles. The van der Waals surface area contributed by atoms with Gasteiger partial charge in [-0.2, -0.15) is 0 Å². The maximum Gasteiger partial charge on any atom is 0.251 e. The van der Waals surface area contributed by atoms with Gasteiger partial charge in [-0.25, -0.2) is 0 Å². The third-order valence-electron chi connectivity index (χ3n) is 4.05. The van der Waals surface area contributed by atoms with Crippen LogP contribution < -0.4 is 10.6 Å². The van der Waals surface area contributed by atoms with E-state index in [1.54, 1.807) is 29.2 Å². The molecular weight excluding hydrogens is 354 g/mol. The van der Waals surface area contributed by atoms with Crippen LogP contribution in [0.4, 0.5) is 5.69 Å². The number of carbonyl (C=O) groups is 2. The van der Waals surface area contributed by atoms with Gasteiger partial charge in [0.15, 0.2) is 0 Å². The summed E-state index contributed by atoms with van der Waals surface area (Å²) in [5.74, 6) is 0.624. The number of thiophene rings is 1. The number of nitrogens with zero attached hydrogens (tertiary/aromatic N) is 1. The standard InChI is InChI=1S/C18H21N3O2S2/c1-21(2)14(16-4-3-8-24-16)11-19-18(23)12-5-6-15-13(10-12)20-17(22)7-9-25-15/h3-6,8,10,14H,7,9,11H2,1-2H3,(H,19,23)(H,20,22). The molecule has 2 amide bonds. The minimum Gasteiger partial charge on any atom is -0.350 e. The highest BCUT2D eigenvalue weighted by molar-refractivity contribution is 7.99. The predicted molar refractivity (Wildman–Crippen MR) is 103 cm³/mol. The molecule has 1 unspecified atom stereocenters.